The number of carbonyl (C=O) groups is 2. The van der Waals surface area contributed by atoms with Crippen molar-refractivity contribution in [1.29, 1.82) is 5.26 Å². The Labute approximate surface area is 190 Å². The Morgan fingerprint density at radius 1 is 1.18 bits per heavy atom. The number of nitrogens with one attached hydrogen (secondary N) is 2. The van der Waals surface area contributed by atoms with Crippen molar-refractivity contribution in [3.05, 3.63) is 48.4 Å². The number of furan rings is 1. The molecule has 170 valence electrons. The number of ether oxygens (including phenoxy) is 1. The number of hydrogen-bond acceptors (Lipinski definition) is 8. The Kier molecular flexibility index (Phi) is 6.71. The van der Waals surface area contributed by atoms with Crippen molar-refractivity contribution in [3.8, 4) is 17.7 Å². The van der Waals surface area contributed by atoms with Crippen molar-refractivity contribution in [2.24, 2.45) is 5.92 Å². The van der Waals surface area contributed by atoms with Gasteiger partial charge in [0.2, 0.25) is 23.4 Å². The Morgan fingerprint density at radius 3 is 2.48 bits per heavy atom. The summed E-state index contributed by atoms with van der Waals surface area (Å²) in [7, 11) is 1.45. The van der Waals surface area contributed by atoms with E-state index >= 15 is 0 Å². The van der Waals surface area contributed by atoms with E-state index in [1.54, 1.807) is 36.4 Å². The van der Waals surface area contributed by atoms with E-state index in [1.165, 1.54) is 13.4 Å². The fourth-order valence-corrected chi connectivity index (χ4v) is 3.66. The first-order chi connectivity index (χ1) is 16.1. The van der Waals surface area contributed by atoms with Crippen LogP contribution in [0.25, 0.3) is 11.7 Å². The van der Waals surface area contributed by atoms with Crippen molar-refractivity contribution >= 4 is 29.1 Å². The molecule has 3 heterocycles. The van der Waals surface area contributed by atoms with Gasteiger partial charge >= 0.3 is 0 Å². The third kappa shape index (κ3) is 5.22. The van der Waals surface area contributed by atoms with Crippen LogP contribution in [0.1, 0.15) is 18.5 Å². The second kappa shape index (κ2) is 10.0. The number of hydrogen-bond donors (Lipinski definition) is 2. The quantitative estimate of drug-likeness (QED) is 0.561. The third-order valence-electron chi connectivity index (χ3n) is 5.31. The smallest absolute Gasteiger partial charge is 0.266 e. The summed E-state index contributed by atoms with van der Waals surface area (Å²) in [5, 5.41) is 15.1. The molecule has 0 saturated carbocycles. The minimum atomic E-state index is -0.247. The van der Waals surface area contributed by atoms with E-state index in [9.17, 15) is 14.9 Å². The van der Waals surface area contributed by atoms with Gasteiger partial charge < -0.3 is 29.1 Å². The predicted molar refractivity (Wildman–Crippen MR) is 119 cm³/mol. The Morgan fingerprint density at radius 2 is 1.88 bits per heavy atom. The van der Waals surface area contributed by atoms with Gasteiger partial charge in [-0.15, -0.1) is 0 Å². The van der Waals surface area contributed by atoms with Gasteiger partial charge in [-0.3, -0.25) is 9.59 Å². The highest BCUT2D eigenvalue weighted by molar-refractivity contribution is 5.94. The van der Waals surface area contributed by atoms with Crippen LogP contribution in [0.15, 0.2) is 51.5 Å². The Balaban J connectivity index is 1.32. The number of oxazole rings is 1. The van der Waals surface area contributed by atoms with Gasteiger partial charge in [-0.05, 0) is 49.2 Å². The molecule has 2 aromatic heterocycles. The molecule has 1 aliphatic heterocycles. The molecule has 0 spiro atoms. The van der Waals surface area contributed by atoms with Crippen LogP contribution in [0.3, 0.4) is 0 Å². The van der Waals surface area contributed by atoms with Crippen LogP contribution in [-0.4, -0.2) is 43.6 Å². The summed E-state index contributed by atoms with van der Waals surface area (Å²) in [6.45, 7) is 1.10. The van der Waals surface area contributed by atoms with Gasteiger partial charge in [0.05, 0.1) is 6.26 Å². The van der Waals surface area contributed by atoms with Crippen molar-refractivity contribution < 1.29 is 23.2 Å². The third-order valence-corrected chi connectivity index (χ3v) is 5.31. The lowest BCUT2D eigenvalue weighted by atomic mass is 9.96. The number of aromatic nitrogens is 1. The standard InChI is InChI=1S/C23H23N5O5/c1-31-14-20(29)25-16-4-6-17(7-5-16)26-21(30)15-8-10-28(11-9-15)23-18(13-24)27-22(33-23)19-3-2-12-32-19/h2-7,12,15H,8-11,14H2,1H3,(H,25,29)(H,26,30). The molecule has 2 amide bonds. The molecule has 10 nitrogen and oxygen atoms in total. The number of piperidine rings is 1. The maximum atomic E-state index is 12.7. The minimum Gasteiger partial charge on any atom is -0.459 e. The molecular formula is C23H23N5O5. The summed E-state index contributed by atoms with van der Waals surface area (Å²) in [5.74, 6) is 0.627. The zero-order chi connectivity index (χ0) is 23.2. The average Bonchev–Trinajstić information content (AvgIpc) is 3.50. The number of carbonyl (C=O) groups excluding carboxylic acids is 2. The zero-order valence-electron chi connectivity index (χ0n) is 18.0. The molecule has 1 aromatic carbocycles. The second-order valence-electron chi connectivity index (χ2n) is 7.57. The van der Waals surface area contributed by atoms with Crippen LogP contribution < -0.4 is 15.5 Å². The summed E-state index contributed by atoms with van der Waals surface area (Å²) in [6.07, 6.45) is 2.73. The maximum absolute atomic E-state index is 12.7. The highest BCUT2D eigenvalue weighted by Gasteiger charge is 2.29. The van der Waals surface area contributed by atoms with E-state index in [2.05, 4.69) is 21.7 Å². The first-order valence-electron chi connectivity index (χ1n) is 10.5. The van der Waals surface area contributed by atoms with Gasteiger partial charge in [0, 0.05) is 37.5 Å². The molecule has 3 aromatic rings. The normalized spacial score (nSPS) is 14.0. The van der Waals surface area contributed by atoms with E-state index < -0.39 is 0 Å². The molecule has 2 N–H and O–H groups in total. The first kappa shape index (κ1) is 22.1. The van der Waals surface area contributed by atoms with Crippen molar-refractivity contribution in [3.63, 3.8) is 0 Å². The highest BCUT2D eigenvalue weighted by Crippen LogP contribution is 2.31. The van der Waals surface area contributed by atoms with E-state index in [4.69, 9.17) is 13.6 Å². The molecule has 10 heteroatoms. The van der Waals surface area contributed by atoms with Gasteiger partial charge in [-0.1, -0.05) is 0 Å². The maximum Gasteiger partial charge on any atom is 0.266 e. The Hall–Kier alpha value is -4.10. The summed E-state index contributed by atoms with van der Waals surface area (Å²) in [6, 6.07) is 12.4. The molecule has 0 aliphatic carbocycles. The summed E-state index contributed by atoms with van der Waals surface area (Å²) >= 11 is 0. The Bertz CT molecular complexity index is 1140. The lowest BCUT2D eigenvalue weighted by molar-refractivity contribution is -0.120. The van der Waals surface area contributed by atoms with Gasteiger partial charge in [-0.25, -0.2) is 0 Å². The van der Waals surface area contributed by atoms with Gasteiger partial charge in [-0.2, -0.15) is 10.2 Å². The molecule has 1 fully saturated rings. The number of nitriles is 1. The van der Waals surface area contributed by atoms with E-state index in [0.29, 0.717) is 49.0 Å². The summed E-state index contributed by atoms with van der Waals surface area (Å²) in [5.41, 5.74) is 1.47. The SMILES string of the molecule is COCC(=O)Nc1ccc(NC(=O)C2CCN(c3oc(-c4ccco4)nc3C#N)CC2)cc1. The number of nitrogens with zero attached hydrogens (tertiary/aromatic N) is 3. The molecular weight excluding hydrogens is 426 g/mol. The number of amides is 2. The molecule has 0 bridgehead atoms. The largest absolute Gasteiger partial charge is 0.459 e. The lowest BCUT2D eigenvalue weighted by Crippen LogP contribution is -2.38. The van der Waals surface area contributed by atoms with Crippen molar-refractivity contribution in [2.75, 3.05) is 42.3 Å². The molecule has 0 atom stereocenters. The van der Waals surface area contributed by atoms with Gasteiger partial charge in [0.15, 0.2) is 5.76 Å². The molecule has 4 rings (SSSR count). The van der Waals surface area contributed by atoms with Crippen LogP contribution in [-0.2, 0) is 14.3 Å². The summed E-state index contributed by atoms with van der Waals surface area (Å²) < 4.78 is 15.9. The van der Waals surface area contributed by atoms with Gasteiger partial charge in [0.25, 0.3) is 5.89 Å². The second-order valence-corrected chi connectivity index (χ2v) is 7.57. The van der Waals surface area contributed by atoms with Crippen molar-refractivity contribution in [2.45, 2.75) is 12.8 Å². The number of anilines is 3. The lowest BCUT2D eigenvalue weighted by Gasteiger charge is -2.30. The number of benzene rings is 1. The van der Waals surface area contributed by atoms with Crippen LogP contribution in [0, 0.1) is 17.2 Å². The molecule has 33 heavy (non-hydrogen) atoms. The summed E-state index contributed by atoms with van der Waals surface area (Å²) in [4.78, 5) is 30.4. The topological polar surface area (TPSA) is 134 Å². The van der Waals surface area contributed by atoms with Crippen molar-refractivity contribution in [1.82, 2.24) is 4.98 Å². The monoisotopic (exact) mass is 449 g/mol. The fourth-order valence-electron chi connectivity index (χ4n) is 3.66. The van der Waals surface area contributed by atoms with Gasteiger partial charge in [0.1, 0.15) is 12.7 Å². The first-order valence-corrected chi connectivity index (χ1v) is 10.5. The van der Waals surface area contributed by atoms with Crippen LogP contribution in [0.5, 0.6) is 0 Å². The van der Waals surface area contributed by atoms with Crippen LogP contribution >= 0.6 is 0 Å². The van der Waals surface area contributed by atoms with E-state index in [0.717, 1.165) is 0 Å². The molecule has 1 saturated heterocycles. The zero-order valence-corrected chi connectivity index (χ0v) is 18.0. The fraction of sp³-hybridized carbons (Fsp3) is 0.304. The van der Waals surface area contributed by atoms with E-state index in [1.807, 2.05) is 4.90 Å². The number of rotatable bonds is 7. The molecule has 0 radical (unpaired) electrons. The van der Waals surface area contributed by atoms with Crippen LogP contribution in [0.4, 0.5) is 17.3 Å². The van der Waals surface area contributed by atoms with Crippen LogP contribution in [0.2, 0.25) is 0 Å². The average molecular weight is 449 g/mol. The predicted octanol–water partition coefficient (Wildman–Crippen LogP) is 3.25. The number of methoxy groups -OCH3 is 1. The molecule has 1 aliphatic rings. The minimum absolute atomic E-state index is 0.0225. The van der Waals surface area contributed by atoms with E-state index in [-0.39, 0.29) is 35.9 Å². The highest BCUT2D eigenvalue weighted by atomic mass is 16.5. The molecule has 0 unspecified atom stereocenters.